The molecule has 0 bridgehead atoms. The van der Waals surface area contributed by atoms with E-state index in [2.05, 4.69) is 22.4 Å². The molecule has 0 saturated carbocycles. The van der Waals surface area contributed by atoms with E-state index in [0.717, 1.165) is 11.5 Å². The zero-order valence-corrected chi connectivity index (χ0v) is 7.20. The van der Waals surface area contributed by atoms with Crippen LogP contribution in [0.2, 0.25) is 0 Å². The fraction of sp³-hybridized carbons (Fsp3) is 0.222. The molecule has 1 N–H and O–H groups in total. The summed E-state index contributed by atoms with van der Waals surface area (Å²) in [5.74, 6) is 0.907. The minimum absolute atomic E-state index is 0.907. The van der Waals surface area contributed by atoms with Gasteiger partial charge in [-0.25, -0.2) is 4.98 Å². The molecular formula is C9H11N3. The molecule has 12 heavy (non-hydrogen) atoms. The zero-order valence-electron chi connectivity index (χ0n) is 7.20. The third kappa shape index (κ3) is 0.942. The maximum Gasteiger partial charge on any atom is 0.142 e. The van der Waals surface area contributed by atoms with Crippen LogP contribution in [0.25, 0.3) is 11.0 Å². The average Bonchev–Trinajstić information content (AvgIpc) is 2.47. The Morgan fingerprint density at radius 3 is 2.92 bits per heavy atom. The molecule has 2 aromatic rings. The summed E-state index contributed by atoms with van der Waals surface area (Å²) in [5.41, 5.74) is 1.02. The number of aromatic nitrogens is 2. The number of aryl methyl sites for hydroxylation is 1. The highest BCUT2D eigenvalue weighted by molar-refractivity contribution is 5.77. The van der Waals surface area contributed by atoms with Gasteiger partial charge in [-0.05, 0) is 18.2 Å². The second kappa shape index (κ2) is 2.52. The van der Waals surface area contributed by atoms with Crippen molar-refractivity contribution in [2.75, 3.05) is 12.4 Å². The molecule has 0 spiro atoms. The van der Waals surface area contributed by atoms with E-state index >= 15 is 0 Å². The molecule has 0 atom stereocenters. The summed E-state index contributed by atoms with van der Waals surface area (Å²) in [7, 11) is 3.87. The SMILES string of the molecule is CNc1ccc2ccn(C)c2n1. The topological polar surface area (TPSA) is 29.9 Å². The Morgan fingerprint density at radius 1 is 1.33 bits per heavy atom. The minimum atomic E-state index is 0.907. The van der Waals surface area contributed by atoms with E-state index in [0.29, 0.717) is 0 Å². The van der Waals surface area contributed by atoms with Crippen LogP contribution in [0.5, 0.6) is 0 Å². The summed E-state index contributed by atoms with van der Waals surface area (Å²) in [6.45, 7) is 0. The molecule has 0 unspecified atom stereocenters. The van der Waals surface area contributed by atoms with Gasteiger partial charge < -0.3 is 9.88 Å². The van der Waals surface area contributed by atoms with Crippen molar-refractivity contribution in [1.82, 2.24) is 9.55 Å². The van der Waals surface area contributed by atoms with E-state index in [-0.39, 0.29) is 0 Å². The second-order valence-corrected chi connectivity index (χ2v) is 2.79. The molecule has 0 amide bonds. The molecule has 0 saturated heterocycles. The van der Waals surface area contributed by atoms with Crippen molar-refractivity contribution in [1.29, 1.82) is 0 Å². The van der Waals surface area contributed by atoms with Crippen molar-refractivity contribution in [3.05, 3.63) is 24.4 Å². The van der Waals surface area contributed by atoms with E-state index in [1.165, 1.54) is 5.39 Å². The normalized spacial score (nSPS) is 10.5. The molecule has 3 nitrogen and oxygen atoms in total. The third-order valence-corrected chi connectivity index (χ3v) is 1.97. The van der Waals surface area contributed by atoms with Crippen LogP contribution in [-0.2, 0) is 7.05 Å². The van der Waals surface area contributed by atoms with Crippen molar-refractivity contribution >= 4 is 16.9 Å². The van der Waals surface area contributed by atoms with E-state index in [1.54, 1.807) is 0 Å². The Kier molecular flexibility index (Phi) is 1.50. The number of nitrogens with zero attached hydrogens (tertiary/aromatic N) is 2. The average molecular weight is 161 g/mol. The van der Waals surface area contributed by atoms with Gasteiger partial charge in [-0.1, -0.05) is 0 Å². The molecule has 0 aliphatic heterocycles. The lowest BCUT2D eigenvalue weighted by Crippen LogP contribution is -1.94. The molecule has 2 rings (SSSR count). The molecule has 3 heteroatoms. The maximum absolute atomic E-state index is 4.41. The highest BCUT2D eigenvalue weighted by Crippen LogP contribution is 2.14. The summed E-state index contributed by atoms with van der Waals surface area (Å²) < 4.78 is 2.01. The Labute approximate surface area is 71.0 Å². The minimum Gasteiger partial charge on any atom is -0.373 e. The molecule has 0 radical (unpaired) electrons. The predicted molar refractivity (Wildman–Crippen MR) is 50.3 cm³/mol. The van der Waals surface area contributed by atoms with E-state index in [4.69, 9.17) is 0 Å². The second-order valence-electron chi connectivity index (χ2n) is 2.79. The highest BCUT2D eigenvalue weighted by atomic mass is 15.0. The van der Waals surface area contributed by atoms with Crippen LogP contribution in [0.15, 0.2) is 24.4 Å². The third-order valence-electron chi connectivity index (χ3n) is 1.97. The lowest BCUT2D eigenvalue weighted by molar-refractivity contribution is 0.949. The molecule has 0 aliphatic carbocycles. The smallest absolute Gasteiger partial charge is 0.142 e. The van der Waals surface area contributed by atoms with Gasteiger partial charge in [-0.3, -0.25) is 0 Å². The van der Waals surface area contributed by atoms with Crippen molar-refractivity contribution in [3.8, 4) is 0 Å². The van der Waals surface area contributed by atoms with Gasteiger partial charge in [0.05, 0.1) is 0 Å². The summed E-state index contributed by atoms with van der Waals surface area (Å²) >= 11 is 0. The molecule has 0 fully saturated rings. The predicted octanol–water partition coefficient (Wildman–Crippen LogP) is 1.61. The summed E-state index contributed by atoms with van der Waals surface area (Å²) in [6, 6.07) is 6.10. The Bertz CT molecular complexity index is 403. The molecule has 0 aliphatic rings. The number of anilines is 1. The number of fused-ring (bicyclic) bond motifs is 1. The van der Waals surface area contributed by atoms with Gasteiger partial charge in [-0.2, -0.15) is 0 Å². The quantitative estimate of drug-likeness (QED) is 0.688. The van der Waals surface area contributed by atoms with Crippen LogP contribution in [0, 0.1) is 0 Å². The first-order chi connectivity index (χ1) is 5.81. The number of hydrogen-bond acceptors (Lipinski definition) is 2. The first-order valence-electron chi connectivity index (χ1n) is 3.91. The van der Waals surface area contributed by atoms with E-state index < -0.39 is 0 Å². The van der Waals surface area contributed by atoms with E-state index in [1.807, 2.05) is 30.9 Å². The fourth-order valence-corrected chi connectivity index (χ4v) is 1.27. The van der Waals surface area contributed by atoms with Gasteiger partial charge in [0.15, 0.2) is 0 Å². The Balaban J connectivity index is 2.71. The van der Waals surface area contributed by atoms with Gasteiger partial charge in [0.25, 0.3) is 0 Å². The monoisotopic (exact) mass is 161 g/mol. The van der Waals surface area contributed by atoms with Crippen molar-refractivity contribution in [3.63, 3.8) is 0 Å². The summed E-state index contributed by atoms with van der Waals surface area (Å²) in [6.07, 6.45) is 2.01. The highest BCUT2D eigenvalue weighted by Gasteiger charge is 1.98. The van der Waals surface area contributed by atoms with E-state index in [9.17, 15) is 0 Å². The van der Waals surface area contributed by atoms with Crippen LogP contribution < -0.4 is 5.32 Å². The van der Waals surface area contributed by atoms with Crippen LogP contribution >= 0.6 is 0 Å². The van der Waals surface area contributed by atoms with Crippen LogP contribution in [0.4, 0.5) is 5.82 Å². The summed E-state index contributed by atoms with van der Waals surface area (Å²) in [4.78, 5) is 4.41. The lowest BCUT2D eigenvalue weighted by atomic mass is 10.3. The van der Waals surface area contributed by atoms with Gasteiger partial charge in [0, 0.05) is 25.7 Å². The fourth-order valence-electron chi connectivity index (χ4n) is 1.27. The molecule has 62 valence electrons. The van der Waals surface area contributed by atoms with Crippen LogP contribution in [-0.4, -0.2) is 16.6 Å². The molecule has 2 aromatic heterocycles. The molecule has 0 aromatic carbocycles. The van der Waals surface area contributed by atoms with Gasteiger partial charge in [0.2, 0.25) is 0 Å². The van der Waals surface area contributed by atoms with Crippen molar-refractivity contribution in [2.45, 2.75) is 0 Å². The van der Waals surface area contributed by atoms with Gasteiger partial charge in [0.1, 0.15) is 11.5 Å². The molecular weight excluding hydrogens is 150 g/mol. The number of hydrogen-bond donors (Lipinski definition) is 1. The van der Waals surface area contributed by atoms with Crippen molar-refractivity contribution in [2.24, 2.45) is 7.05 Å². The van der Waals surface area contributed by atoms with Gasteiger partial charge >= 0.3 is 0 Å². The van der Waals surface area contributed by atoms with Crippen LogP contribution in [0.1, 0.15) is 0 Å². The van der Waals surface area contributed by atoms with Crippen LogP contribution in [0.3, 0.4) is 0 Å². The Morgan fingerprint density at radius 2 is 2.17 bits per heavy atom. The zero-order chi connectivity index (χ0) is 8.55. The maximum atomic E-state index is 4.41. The number of nitrogens with one attached hydrogen (secondary N) is 1. The number of pyridine rings is 1. The standard InChI is InChI=1S/C9H11N3/c1-10-8-4-3-7-5-6-12(2)9(7)11-8/h3-6H,1-2H3,(H,10,11). The summed E-state index contributed by atoms with van der Waals surface area (Å²) in [5, 5.41) is 4.19. The van der Waals surface area contributed by atoms with Gasteiger partial charge in [-0.15, -0.1) is 0 Å². The largest absolute Gasteiger partial charge is 0.373 e. The first-order valence-corrected chi connectivity index (χ1v) is 3.91. The molecule has 2 heterocycles. The Hall–Kier alpha value is -1.51. The van der Waals surface area contributed by atoms with Crippen molar-refractivity contribution < 1.29 is 0 Å². The number of rotatable bonds is 1. The first kappa shape index (κ1) is 7.16. The lowest BCUT2D eigenvalue weighted by Gasteiger charge is -1.99.